The number of amides is 2. The number of nitrogens with one attached hydrogen (secondary N) is 1. The summed E-state index contributed by atoms with van der Waals surface area (Å²) >= 11 is 0. The number of carbonyl (C=O) groups excluding carboxylic acids is 2. The second-order valence-corrected chi connectivity index (χ2v) is 7.61. The molecule has 2 aliphatic rings. The number of rotatable bonds is 3. The predicted molar refractivity (Wildman–Crippen MR) is 98.3 cm³/mol. The van der Waals surface area contributed by atoms with Gasteiger partial charge in [0.05, 0.1) is 5.41 Å². The smallest absolute Gasteiger partial charge is 0.253 e. The van der Waals surface area contributed by atoms with Gasteiger partial charge >= 0.3 is 0 Å². The fourth-order valence-corrected chi connectivity index (χ4v) is 4.10. The molecule has 5 nitrogen and oxygen atoms in total. The molecule has 5 heteroatoms. The van der Waals surface area contributed by atoms with E-state index in [2.05, 4.69) is 5.32 Å². The molecule has 2 saturated heterocycles. The van der Waals surface area contributed by atoms with Crippen LogP contribution in [0, 0.1) is 5.41 Å². The van der Waals surface area contributed by atoms with Gasteiger partial charge in [0.25, 0.3) is 5.91 Å². The van der Waals surface area contributed by atoms with Gasteiger partial charge in [-0.05, 0) is 51.8 Å². The number of benzene rings is 1. The summed E-state index contributed by atoms with van der Waals surface area (Å²) in [7, 11) is 1.98. The fraction of sp³-hybridized carbons (Fsp3) is 0.600. The van der Waals surface area contributed by atoms with Crippen molar-refractivity contribution in [1.29, 1.82) is 0 Å². The van der Waals surface area contributed by atoms with E-state index in [9.17, 15) is 9.59 Å². The zero-order valence-corrected chi connectivity index (χ0v) is 15.3. The number of nitrogens with zero attached hydrogens (tertiary/aromatic N) is 2. The molecule has 0 spiro atoms. The van der Waals surface area contributed by atoms with Crippen LogP contribution in [-0.4, -0.2) is 60.9 Å². The maximum absolute atomic E-state index is 13.1. The molecule has 3 rings (SSSR count). The highest BCUT2D eigenvalue weighted by Gasteiger charge is 2.42. The van der Waals surface area contributed by atoms with Crippen molar-refractivity contribution in [2.75, 3.05) is 33.2 Å². The van der Waals surface area contributed by atoms with Gasteiger partial charge < -0.3 is 15.1 Å². The summed E-state index contributed by atoms with van der Waals surface area (Å²) in [6.45, 7) is 4.91. The van der Waals surface area contributed by atoms with Crippen molar-refractivity contribution in [1.82, 2.24) is 15.1 Å². The van der Waals surface area contributed by atoms with E-state index in [-0.39, 0.29) is 11.8 Å². The maximum atomic E-state index is 13.1. The van der Waals surface area contributed by atoms with E-state index < -0.39 is 5.41 Å². The van der Waals surface area contributed by atoms with Crippen LogP contribution in [0.5, 0.6) is 0 Å². The molecule has 1 N–H and O–H groups in total. The third-order valence-electron chi connectivity index (χ3n) is 5.71. The second-order valence-electron chi connectivity index (χ2n) is 7.61. The Bertz CT molecular complexity index is 611. The van der Waals surface area contributed by atoms with Gasteiger partial charge in [-0.3, -0.25) is 9.59 Å². The Morgan fingerprint density at radius 1 is 1.08 bits per heavy atom. The van der Waals surface area contributed by atoms with Gasteiger partial charge in [-0.15, -0.1) is 0 Å². The van der Waals surface area contributed by atoms with Gasteiger partial charge in [0.15, 0.2) is 0 Å². The number of hydrogen-bond acceptors (Lipinski definition) is 3. The van der Waals surface area contributed by atoms with Crippen molar-refractivity contribution in [3.8, 4) is 0 Å². The minimum absolute atomic E-state index is 0.0354. The Morgan fingerprint density at radius 3 is 2.40 bits per heavy atom. The fourth-order valence-electron chi connectivity index (χ4n) is 4.10. The summed E-state index contributed by atoms with van der Waals surface area (Å²) in [6.07, 6.45) is 3.75. The van der Waals surface area contributed by atoms with Crippen LogP contribution in [0.2, 0.25) is 0 Å². The molecule has 0 aliphatic carbocycles. The van der Waals surface area contributed by atoms with Gasteiger partial charge in [0.2, 0.25) is 5.91 Å². The maximum Gasteiger partial charge on any atom is 0.253 e. The topological polar surface area (TPSA) is 52.7 Å². The van der Waals surface area contributed by atoms with Crippen LogP contribution < -0.4 is 5.32 Å². The molecule has 1 atom stereocenters. The lowest BCUT2D eigenvalue weighted by atomic mass is 9.79. The molecular weight excluding hydrogens is 314 g/mol. The lowest BCUT2D eigenvalue weighted by Crippen LogP contribution is -2.55. The summed E-state index contributed by atoms with van der Waals surface area (Å²) < 4.78 is 0. The zero-order valence-electron chi connectivity index (χ0n) is 15.3. The van der Waals surface area contributed by atoms with E-state index in [0.29, 0.717) is 18.2 Å². The first-order valence-corrected chi connectivity index (χ1v) is 9.34. The molecule has 0 saturated carbocycles. The molecule has 0 radical (unpaired) electrons. The molecule has 0 aromatic heterocycles. The molecule has 0 bridgehead atoms. The van der Waals surface area contributed by atoms with Gasteiger partial charge in [0.1, 0.15) is 0 Å². The van der Waals surface area contributed by atoms with E-state index in [1.807, 2.05) is 54.1 Å². The van der Waals surface area contributed by atoms with Gasteiger partial charge in [-0.1, -0.05) is 18.2 Å². The Kier molecular flexibility index (Phi) is 5.42. The Balaban J connectivity index is 1.67. The van der Waals surface area contributed by atoms with E-state index in [0.717, 1.165) is 45.3 Å². The number of likely N-dealkylation sites (tertiary alicyclic amines) is 2. The largest absolute Gasteiger partial charge is 0.342 e. The molecule has 136 valence electrons. The molecule has 2 heterocycles. The van der Waals surface area contributed by atoms with Crippen molar-refractivity contribution < 1.29 is 9.59 Å². The Morgan fingerprint density at radius 2 is 1.76 bits per heavy atom. The summed E-state index contributed by atoms with van der Waals surface area (Å²) in [5, 5.41) is 3.30. The van der Waals surface area contributed by atoms with Crippen molar-refractivity contribution in [2.45, 2.75) is 38.6 Å². The monoisotopic (exact) mass is 343 g/mol. The van der Waals surface area contributed by atoms with Gasteiger partial charge in [-0.25, -0.2) is 0 Å². The molecule has 2 fully saturated rings. The number of hydrogen-bond donors (Lipinski definition) is 1. The van der Waals surface area contributed by atoms with Crippen LogP contribution in [0.3, 0.4) is 0 Å². The SMILES string of the molecule is CNC1CCN(C(=O)C2(C)CCCN(C(=O)c3ccccc3)C2)CC1. The van der Waals surface area contributed by atoms with E-state index in [4.69, 9.17) is 0 Å². The van der Waals surface area contributed by atoms with Gasteiger partial charge in [-0.2, -0.15) is 0 Å². The first-order valence-electron chi connectivity index (χ1n) is 9.34. The molecule has 25 heavy (non-hydrogen) atoms. The normalized spacial score (nSPS) is 25.0. The summed E-state index contributed by atoms with van der Waals surface area (Å²) in [5.41, 5.74) is 0.240. The highest BCUT2D eigenvalue weighted by molar-refractivity contribution is 5.95. The van der Waals surface area contributed by atoms with E-state index >= 15 is 0 Å². The first kappa shape index (κ1) is 17.9. The standard InChI is InChI=1S/C20H29N3O2/c1-20(19(25)22-13-9-17(21-2)10-14-22)11-6-12-23(15-20)18(24)16-7-4-3-5-8-16/h3-5,7-8,17,21H,6,9-15H2,1-2H3. The minimum Gasteiger partial charge on any atom is -0.342 e. The average molecular weight is 343 g/mol. The zero-order chi connectivity index (χ0) is 17.9. The molecule has 1 unspecified atom stereocenters. The molecular formula is C20H29N3O2. The minimum atomic E-state index is -0.463. The van der Waals surface area contributed by atoms with Crippen LogP contribution in [0.15, 0.2) is 30.3 Å². The summed E-state index contributed by atoms with van der Waals surface area (Å²) in [5.74, 6) is 0.251. The van der Waals surface area contributed by atoms with Crippen LogP contribution >= 0.6 is 0 Å². The lowest BCUT2D eigenvalue weighted by Gasteiger charge is -2.43. The third-order valence-corrected chi connectivity index (χ3v) is 5.71. The van der Waals surface area contributed by atoms with Crippen LogP contribution in [0.1, 0.15) is 43.0 Å². The molecule has 1 aromatic rings. The van der Waals surface area contributed by atoms with Crippen molar-refractivity contribution >= 4 is 11.8 Å². The Labute approximate surface area is 150 Å². The highest BCUT2D eigenvalue weighted by atomic mass is 16.2. The van der Waals surface area contributed by atoms with Crippen molar-refractivity contribution in [2.24, 2.45) is 5.41 Å². The van der Waals surface area contributed by atoms with Crippen LogP contribution in [0.4, 0.5) is 0 Å². The highest BCUT2D eigenvalue weighted by Crippen LogP contribution is 2.33. The first-order chi connectivity index (χ1) is 12.0. The second kappa shape index (κ2) is 7.56. The van der Waals surface area contributed by atoms with Gasteiger partial charge in [0, 0.05) is 37.8 Å². The lowest BCUT2D eigenvalue weighted by molar-refractivity contribution is -0.145. The summed E-state index contributed by atoms with van der Waals surface area (Å²) in [4.78, 5) is 29.8. The average Bonchev–Trinajstić information content (AvgIpc) is 2.67. The third kappa shape index (κ3) is 3.87. The predicted octanol–water partition coefficient (Wildman–Crippen LogP) is 2.14. The number of carbonyl (C=O) groups is 2. The quantitative estimate of drug-likeness (QED) is 0.915. The molecule has 1 aromatic carbocycles. The van der Waals surface area contributed by atoms with E-state index in [1.54, 1.807) is 0 Å². The van der Waals surface area contributed by atoms with Crippen LogP contribution in [-0.2, 0) is 4.79 Å². The molecule has 2 aliphatic heterocycles. The van der Waals surface area contributed by atoms with Crippen molar-refractivity contribution in [3.05, 3.63) is 35.9 Å². The van der Waals surface area contributed by atoms with Crippen molar-refractivity contribution in [3.63, 3.8) is 0 Å². The van der Waals surface area contributed by atoms with Crippen LogP contribution in [0.25, 0.3) is 0 Å². The van der Waals surface area contributed by atoms with E-state index in [1.165, 1.54) is 0 Å². The number of piperidine rings is 2. The Hall–Kier alpha value is -1.88. The summed E-state index contributed by atoms with van der Waals surface area (Å²) in [6, 6.07) is 9.88. The molecule has 2 amide bonds.